The molecule has 0 heterocycles. The molecule has 1 N–H and O–H groups in total. The maximum atomic E-state index is 9.50. The summed E-state index contributed by atoms with van der Waals surface area (Å²) < 4.78 is 13.3. The number of rotatable bonds is 41. The van der Waals surface area contributed by atoms with Crippen molar-refractivity contribution in [3.63, 3.8) is 0 Å². The number of hydrogen-bond donors (Lipinski definition) is 1. The van der Waals surface area contributed by atoms with Crippen LogP contribution in [0.4, 0.5) is 0 Å². The molecular weight excluding hydrogens is 578 g/mol. The Hall–Kier alpha value is -0.160. The molecule has 0 aliphatic heterocycles. The van der Waals surface area contributed by atoms with E-state index in [1.165, 1.54) is 199 Å². The first-order valence-corrected chi connectivity index (χ1v) is 21.7. The minimum atomic E-state index is 0.119. The molecule has 47 heavy (non-hydrogen) atoms. The van der Waals surface area contributed by atoms with Crippen molar-refractivity contribution >= 4 is 0 Å². The van der Waals surface area contributed by atoms with Gasteiger partial charge in [-0.1, -0.05) is 206 Å². The van der Waals surface area contributed by atoms with Gasteiger partial charge in [-0.3, -0.25) is 0 Å². The molecule has 0 aromatic rings. The Morgan fingerprint density at radius 2 is 0.723 bits per heavy atom. The van der Waals surface area contributed by atoms with Crippen molar-refractivity contribution in [2.45, 2.75) is 225 Å². The predicted octanol–water partition coefficient (Wildman–Crippen LogP) is 13.0. The van der Waals surface area contributed by atoms with Crippen molar-refractivity contribution < 1.29 is 19.1 Å². The monoisotopic (exact) mass is 669 g/mol. The zero-order valence-electron chi connectivity index (χ0n) is 33.2. The Labute approximate surface area is 297 Å². The largest absolute Gasteiger partial charge is 0.391 e. The number of aliphatic hydroxyl groups excluding tert-OH is 1. The molecule has 0 rings (SSSR count). The normalized spacial score (nSPS) is 12.7. The van der Waals surface area contributed by atoms with E-state index in [4.69, 9.17) is 9.47 Å². The van der Waals surface area contributed by atoms with E-state index in [1.807, 2.05) is 0 Å². The van der Waals surface area contributed by atoms with Gasteiger partial charge in [0.2, 0.25) is 0 Å². The molecule has 284 valence electrons. The van der Waals surface area contributed by atoms with Crippen LogP contribution in [-0.4, -0.2) is 69.3 Å². The summed E-state index contributed by atoms with van der Waals surface area (Å²) >= 11 is 0. The van der Waals surface area contributed by atoms with Gasteiger partial charge in [-0.25, -0.2) is 0 Å². The molecule has 0 aliphatic rings. The summed E-state index contributed by atoms with van der Waals surface area (Å²) in [5, 5.41) is 9.50. The summed E-state index contributed by atoms with van der Waals surface area (Å²) in [5.74, 6) is 0. The second kappa shape index (κ2) is 38.6. The maximum Gasteiger partial charge on any atom is 0.130 e. The quantitative estimate of drug-likeness (QED) is 0.0520. The number of hydrogen-bond acceptors (Lipinski definition) is 3. The van der Waals surface area contributed by atoms with E-state index in [1.54, 1.807) is 0 Å². The second-order valence-electron chi connectivity index (χ2n) is 15.7. The molecule has 0 aromatic carbocycles. The van der Waals surface area contributed by atoms with Crippen molar-refractivity contribution in [3.05, 3.63) is 0 Å². The first-order valence-electron chi connectivity index (χ1n) is 21.7. The highest BCUT2D eigenvalue weighted by Gasteiger charge is 2.22. The van der Waals surface area contributed by atoms with E-state index in [0.29, 0.717) is 6.61 Å². The number of quaternary nitrogens is 1. The molecule has 0 aromatic heterocycles. The minimum absolute atomic E-state index is 0.119. The highest BCUT2D eigenvalue weighted by molar-refractivity contribution is 4.58. The molecule has 0 fully saturated rings. The van der Waals surface area contributed by atoms with Gasteiger partial charge in [0.15, 0.2) is 0 Å². The average Bonchev–Trinajstić information content (AvgIpc) is 3.05. The number of likely N-dealkylation sites (N-methyl/N-ethyl adjacent to an activating group) is 1. The smallest absolute Gasteiger partial charge is 0.130 e. The number of nitrogens with zero attached hydrogens (tertiary/aromatic N) is 1. The van der Waals surface area contributed by atoms with Gasteiger partial charge in [0.05, 0.1) is 27.3 Å². The number of unbranched alkanes of at least 4 members (excludes halogenated alkanes) is 30. The predicted molar refractivity (Wildman–Crippen MR) is 209 cm³/mol. The van der Waals surface area contributed by atoms with Crippen molar-refractivity contribution in [1.82, 2.24) is 0 Å². The van der Waals surface area contributed by atoms with Gasteiger partial charge in [-0.2, -0.15) is 0 Å². The summed E-state index contributed by atoms with van der Waals surface area (Å²) in [6.07, 6.45) is 44.8. The van der Waals surface area contributed by atoms with E-state index in [-0.39, 0.29) is 12.7 Å². The summed E-state index contributed by atoms with van der Waals surface area (Å²) in [7, 11) is 4.38. The van der Waals surface area contributed by atoms with Gasteiger partial charge in [-0.15, -0.1) is 0 Å². The molecule has 0 saturated heterocycles. The Morgan fingerprint density at radius 3 is 1.04 bits per heavy atom. The van der Waals surface area contributed by atoms with Gasteiger partial charge in [-0.05, 0) is 12.8 Å². The molecule has 4 heteroatoms. The molecule has 0 radical (unpaired) electrons. The fourth-order valence-corrected chi connectivity index (χ4v) is 6.93. The topological polar surface area (TPSA) is 38.7 Å². The zero-order chi connectivity index (χ0) is 34.4. The second-order valence-corrected chi connectivity index (χ2v) is 15.7. The fraction of sp³-hybridized carbons (Fsp3) is 1.00. The molecule has 0 spiro atoms. The third-order valence-corrected chi connectivity index (χ3v) is 10.2. The standard InChI is InChI=1S/C43H90NO3/c1-5-7-9-11-13-15-17-19-21-23-25-27-29-31-33-35-39-46-42-43(41-44(3,4)37-38-45)47-40-36-34-32-30-28-26-24-22-20-18-16-14-12-10-8-6-2/h43,45H,5-42H2,1-4H3/q+1. The van der Waals surface area contributed by atoms with Crippen LogP contribution in [-0.2, 0) is 9.47 Å². The average molecular weight is 669 g/mol. The number of aliphatic hydroxyl groups is 1. The van der Waals surface area contributed by atoms with Gasteiger partial charge < -0.3 is 19.1 Å². The molecule has 4 nitrogen and oxygen atoms in total. The first kappa shape index (κ1) is 46.8. The Bertz CT molecular complexity index is 569. The van der Waals surface area contributed by atoms with Crippen molar-refractivity contribution in [2.75, 3.05) is 53.6 Å². The van der Waals surface area contributed by atoms with Crippen LogP contribution in [0, 0.1) is 0 Å². The summed E-state index contributed by atoms with van der Waals surface area (Å²) in [5.41, 5.74) is 0. The summed E-state index contributed by atoms with van der Waals surface area (Å²) in [6.45, 7) is 8.86. The first-order chi connectivity index (χ1) is 23.1. The van der Waals surface area contributed by atoms with Crippen LogP contribution < -0.4 is 0 Å². The third kappa shape index (κ3) is 38.5. The lowest BCUT2D eigenvalue weighted by atomic mass is 10.0. The Balaban J connectivity index is 3.72. The van der Waals surface area contributed by atoms with E-state index >= 15 is 0 Å². The van der Waals surface area contributed by atoms with E-state index in [0.717, 1.165) is 37.2 Å². The highest BCUT2D eigenvalue weighted by Crippen LogP contribution is 2.16. The van der Waals surface area contributed by atoms with E-state index < -0.39 is 0 Å². The maximum absolute atomic E-state index is 9.50. The Kier molecular flexibility index (Phi) is 38.5. The van der Waals surface area contributed by atoms with Gasteiger partial charge in [0, 0.05) is 13.2 Å². The van der Waals surface area contributed by atoms with Crippen LogP contribution in [0.3, 0.4) is 0 Å². The van der Waals surface area contributed by atoms with Crippen LogP contribution in [0.25, 0.3) is 0 Å². The van der Waals surface area contributed by atoms with Gasteiger partial charge in [0.25, 0.3) is 0 Å². The molecule has 0 aliphatic carbocycles. The molecule has 1 atom stereocenters. The van der Waals surface area contributed by atoms with Gasteiger partial charge in [0.1, 0.15) is 19.2 Å². The van der Waals surface area contributed by atoms with Crippen LogP contribution in [0.5, 0.6) is 0 Å². The number of ether oxygens (including phenoxy) is 2. The lowest BCUT2D eigenvalue weighted by molar-refractivity contribution is -0.893. The van der Waals surface area contributed by atoms with Crippen LogP contribution in [0.2, 0.25) is 0 Å². The lowest BCUT2D eigenvalue weighted by Gasteiger charge is -2.32. The van der Waals surface area contributed by atoms with E-state index in [9.17, 15) is 5.11 Å². The summed E-state index contributed by atoms with van der Waals surface area (Å²) in [6, 6.07) is 0. The van der Waals surface area contributed by atoms with Crippen molar-refractivity contribution in [3.8, 4) is 0 Å². The van der Waals surface area contributed by atoms with Crippen LogP contribution in [0.15, 0.2) is 0 Å². The molecule has 1 unspecified atom stereocenters. The minimum Gasteiger partial charge on any atom is -0.391 e. The fourth-order valence-electron chi connectivity index (χ4n) is 6.93. The van der Waals surface area contributed by atoms with Crippen molar-refractivity contribution in [2.24, 2.45) is 0 Å². The van der Waals surface area contributed by atoms with E-state index in [2.05, 4.69) is 27.9 Å². The lowest BCUT2D eigenvalue weighted by Crippen LogP contribution is -2.49. The molecular formula is C43H90NO3+. The molecule has 0 saturated carbocycles. The third-order valence-electron chi connectivity index (χ3n) is 10.2. The van der Waals surface area contributed by atoms with Crippen molar-refractivity contribution in [1.29, 1.82) is 0 Å². The Morgan fingerprint density at radius 1 is 0.426 bits per heavy atom. The zero-order valence-corrected chi connectivity index (χ0v) is 33.2. The van der Waals surface area contributed by atoms with Crippen LogP contribution in [0.1, 0.15) is 219 Å². The molecule has 0 amide bonds. The SMILES string of the molecule is CCCCCCCCCCCCCCCCCCOCC(C[N+](C)(C)CCO)OCCCCCCCCCCCCCCCCCC. The summed E-state index contributed by atoms with van der Waals surface area (Å²) in [4.78, 5) is 0. The van der Waals surface area contributed by atoms with Gasteiger partial charge >= 0.3 is 0 Å². The molecule has 0 bridgehead atoms. The highest BCUT2D eigenvalue weighted by atomic mass is 16.5. The van der Waals surface area contributed by atoms with Crippen LogP contribution >= 0.6 is 0 Å².